The van der Waals surface area contributed by atoms with Gasteiger partial charge in [0.25, 0.3) is 0 Å². The summed E-state index contributed by atoms with van der Waals surface area (Å²) in [6, 6.07) is 9.54. The number of halogens is 1. The largest absolute Gasteiger partial charge is 0.313 e. The summed E-state index contributed by atoms with van der Waals surface area (Å²) in [6.07, 6.45) is 5.50. The zero-order chi connectivity index (χ0) is 13.9. The minimum absolute atomic E-state index is 0.482. The Labute approximate surface area is 127 Å². The van der Waals surface area contributed by atoms with Crippen molar-refractivity contribution in [3.63, 3.8) is 0 Å². The number of rotatable bonds is 6. The van der Waals surface area contributed by atoms with Gasteiger partial charge in [0.2, 0.25) is 0 Å². The predicted molar refractivity (Wildman–Crippen MR) is 85.2 cm³/mol. The van der Waals surface area contributed by atoms with Crippen LogP contribution in [0, 0.1) is 5.92 Å². The van der Waals surface area contributed by atoms with E-state index >= 15 is 0 Å². The maximum absolute atomic E-state index is 6.00. The molecule has 1 aliphatic carbocycles. The highest BCUT2D eigenvalue weighted by Crippen LogP contribution is 2.33. The molecule has 2 fully saturated rings. The Morgan fingerprint density at radius 1 is 1.20 bits per heavy atom. The van der Waals surface area contributed by atoms with Crippen molar-refractivity contribution in [2.75, 3.05) is 19.6 Å². The Morgan fingerprint density at radius 2 is 1.95 bits per heavy atom. The monoisotopic (exact) mass is 292 g/mol. The Bertz CT molecular complexity index is 421. The first-order valence-electron chi connectivity index (χ1n) is 7.95. The van der Waals surface area contributed by atoms with Gasteiger partial charge in [-0.1, -0.05) is 23.7 Å². The molecule has 110 valence electrons. The molecule has 0 aromatic heterocycles. The average molecular weight is 293 g/mol. The van der Waals surface area contributed by atoms with Crippen molar-refractivity contribution in [3.8, 4) is 0 Å². The number of nitrogens with one attached hydrogen (secondary N) is 1. The normalized spacial score (nSPS) is 24.2. The van der Waals surface area contributed by atoms with Crippen molar-refractivity contribution in [2.24, 2.45) is 5.92 Å². The second-order valence-corrected chi connectivity index (χ2v) is 6.85. The fraction of sp³-hybridized carbons (Fsp3) is 0.647. The third kappa shape index (κ3) is 3.75. The van der Waals surface area contributed by atoms with Crippen LogP contribution >= 0.6 is 11.6 Å². The molecular formula is C17H25ClN2. The lowest BCUT2D eigenvalue weighted by Gasteiger charge is -2.32. The maximum Gasteiger partial charge on any atom is 0.0406 e. The van der Waals surface area contributed by atoms with Crippen LogP contribution in [0.25, 0.3) is 0 Å². The minimum Gasteiger partial charge on any atom is -0.313 e. The van der Waals surface area contributed by atoms with Crippen molar-refractivity contribution in [2.45, 2.75) is 44.7 Å². The van der Waals surface area contributed by atoms with Crippen molar-refractivity contribution in [1.29, 1.82) is 0 Å². The Kier molecular flexibility index (Phi) is 4.65. The van der Waals surface area contributed by atoms with Gasteiger partial charge in [0.15, 0.2) is 0 Å². The lowest BCUT2D eigenvalue weighted by Crippen LogP contribution is -2.40. The molecule has 3 heteroatoms. The van der Waals surface area contributed by atoms with Gasteiger partial charge in [-0.3, -0.25) is 4.90 Å². The molecule has 1 N–H and O–H groups in total. The summed E-state index contributed by atoms with van der Waals surface area (Å²) >= 11 is 6.00. The molecule has 0 radical (unpaired) electrons. The predicted octanol–water partition coefficient (Wildman–Crippen LogP) is 3.87. The van der Waals surface area contributed by atoms with Gasteiger partial charge in [0.1, 0.15) is 0 Å². The summed E-state index contributed by atoms with van der Waals surface area (Å²) in [6.45, 7) is 5.96. The standard InChI is InChI=1S/C17H25ClN2/c1-13(15-6-8-16(18)9-7-15)20(11-14-4-5-14)12-17-3-2-10-19-17/h6-9,13-14,17,19H,2-5,10-12H2,1H3. The van der Waals surface area contributed by atoms with E-state index < -0.39 is 0 Å². The van der Waals surface area contributed by atoms with E-state index in [1.807, 2.05) is 12.1 Å². The summed E-state index contributed by atoms with van der Waals surface area (Å²) in [4.78, 5) is 2.67. The number of hydrogen-bond acceptors (Lipinski definition) is 2. The first kappa shape index (κ1) is 14.4. The van der Waals surface area contributed by atoms with Crippen LogP contribution in [0.4, 0.5) is 0 Å². The summed E-state index contributed by atoms with van der Waals surface area (Å²) in [5, 5.41) is 4.46. The van der Waals surface area contributed by atoms with Gasteiger partial charge >= 0.3 is 0 Å². The molecule has 0 spiro atoms. The maximum atomic E-state index is 6.00. The molecule has 1 aromatic carbocycles. The molecule has 1 heterocycles. The second kappa shape index (κ2) is 6.46. The minimum atomic E-state index is 0.482. The van der Waals surface area contributed by atoms with Crippen LogP contribution in [0.3, 0.4) is 0 Å². The quantitative estimate of drug-likeness (QED) is 0.856. The van der Waals surface area contributed by atoms with E-state index in [4.69, 9.17) is 11.6 Å². The van der Waals surface area contributed by atoms with Gasteiger partial charge in [-0.05, 0) is 62.8 Å². The fourth-order valence-corrected chi connectivity index (χ4v) is 3.30. The number of nitrogens with zero attached hydrogens (tertiary/aromatic N) is 1. The fourth-order valence-electron chi connectivity index (χ4n) is 3.17. The van der Waals surface area contributed by atoms with E-state index in [0.717, 1.165) is 10.9 Å². The third-order valence-corrected chi connectivity index (χ3v) is 4.96. The van der Waals surface area contributed by atoms with E-state index in [1.165, 1.54) is 50.9 Å². The third-order valence-electron chi connectivity index (χ3n) is 4.71. The molecule has 1 saturated carbocycles. The smallest absolute Gasteiger partial charge is 0.0406 e. The molecule has 2 unspecified atom stereocenters. The summed E-state index contributed by atoms with van der Waals surface area (Å²) in [5.74, 6) is 0.936. The zero-order valence-electron chi connectivity index (χ0n) is 12.3. The number of hydrogen-bond donors (Lipinski definition) is 1. The van der Waals surface area contributed by atoms with Crippen LogP contribution in [-0.2, 0) is 0 Å². The van der Waals surface area contributed by atoms with Gasteiger partial charge in [-0.15, -0.1) is 0 Å². The first-order valence-corrected chi connectivity index (χ1v) is 8.33. The molecule has 3 rings (SSSR count). The van der Waals surface area contributed by atoms with Crippen LogP contribution in [-0.4, -0.2) is 30.6 Å². The molecular weight excluding hydrogens is 268 g/mol. The van der Waals surface area contributed by atoms with E-state index in [0.29, 0.717) is 12.1 Å². The van der Waals surface area contributed by atoms with E-state index in [9.17, 15) is 0 Å². The van der Waals surface area contributed by atoms with Crippen molar-refractivity contribution in [3.05, 3.63) is 34.9 Å². The van der Waals surface area contributed by atoms with Crippen LogP contribution in [0.5, 0.6) is 0 Å². The first-order chi connectivity index (χ1) is 9.72. The summed E-state index contributed by atoms with van der Waals surface area (Å²) in [7, 11) is 0. The molecule has 1 saturated heterocycles. The van der Waals surface area contributed by atoms with Crippen molar-refractivity contribution >= 4 is 11.6 Å². The van der Waals surface area contributed by atoms with Gasteiger partial charge in [0.05, 0.1) is 0 Å². The Morgan fingerprint density at radius 3 is 2.55 bits per heavy atom. The highest BCUT2D eigenvalue weighted by molar-refractivity contribution is 6.30. The van der Waals surface area contributed by atoms with Gasteiger partial charge in [-0.2, -0.15) is 0 Å². The van der Waals surface area contributed by atoms with Crippen molar-refractivity contribution in [1.82, 2.24) is 10.2 Å². The highest BCUT2D eigenvalue weighted by atomic mass is 35.5. The molecule has 0 amide bonds. The lowest BCUT2D eigenvalue weighted by molar-refractivity contribution is 0.184. The SMILES string of the molecule is CC(c1ccc(Cl)cc1)N(CC1CC1)CC1CCCN1. The topological polar surface area (TPSA) is 15.3 Å². The summed E-state index contributed by atoms with van der Waals surface area (Å²) in [5.41, 5.74) is 1.38. The van der Waals surface area contributed by atoms with E-state index in [-0.39, 0.29) is 0 Å². The van der Waals surface area contributed by atoms with Crippen LogP contribution < -0.4 is 5.32 Å². The van der Waals surface area contributed by atoms with Gasteiger partial charge in [-0.25, -0.2) is 0 Å². The van der Waals surface area contributed by atoms with Crippen LogP contribution in [0.2, 0.25) is 5.02 Å². The second-order valence-electron chi connectivity index (χ2n) is 6.42. The molecule has 1 aromatic rings. The highest BCUT2D eigenvalue weighted by Gasteiger charge is 2.29. The Hall–Kier alpha value is -0.570. The van der Waals surface area contributed by atoms with Gasteiger partial charge < -0.3 is 5.32 Å². The average Bonchev–Trinajstić information content (AvgIpc) is 3.12. The molecule has 2 atom stereocenters. The van der Waals surface area contributed by atoms with Crippen LogP contribution in [0.1, 0.15) is 44.2 Å². The van der Waals surface area contributed by atoms with E-state index in [2.05, 4.69) is 29.3 Å². The molecule has 2 aliphatic rings. The van der Waals surface area contributed by atoms with E-state index in [1.54, 1.807) is 0 Å². The molecule has 20 heavy (non-hydrogen) atoms. The molecule has 2 nitrogen and oxygen atoms in total. The molecule has 1 aliphatic heterocycles. The number of benzene rings is 1. The molecule has 0 bridgehead atoms. The summed E-state index contributed by atoms with van der Waals surface area (Å²) < 4.78 is 0. The van der Waals surface area contributed by atoms with Crippen molar-refractivity contribution < 1.29 is 0 Å². The Balaban J connectivity index is 1.67. The van der Waals surface area contributed by atoms with Crippen LogP contribution in [0.15, 0.2) is 24.3 Å². The zero-order valence-corrected chi connectivity index (χ0v) is 13.1. The lowest BCUT2D eigenvalue weighted by atomic mass is 10.1. The van der Waals surface area contributed by atoms with Gasteiger partial charge in [0, 0.05) is 30.2 Å².